The van der Waals surface area contributed by atoms with Crippen molar-refractivity contribution >= 4 is 59.9 Å². The SMILES string of the molecule is CC(C)(C)OC(=O)NCC(=Cc1c[nH]c(C(=O)C(Cl)(Cl)Cl)c1)B1OC(C)(C)C(C)(C)O1. The highest BCUT2D eigenvalue weighted by molar-refractivity contribution is 6.77. The molecule has 2 heterocycles. The van der Waals surface area contributed by atoms with Crippen LogP contribution in [0.1, 0.15) is 64.5 Å². The topological polar surface area (TPSA) is 89.7 Å². The zero-order valence-corrected chi connectivity index (χ0v) is 21.0. The summed E-state index contributed by atoms with van der Waals surface area (Å²) in [6, 6.07) is 1.54. The third kappa shape index (κ3) is 6.90. The van der Waals surface area contributed by atoms with Crippen molar-refractivity contribution in [2.45, 2.75) is 69.1 Å². The molecule has 172 valence electrons. The highest BCUT2D eigenvalue weighted by atomic mass is 35.6. The Labute approximate surface area is 198 Å². The molecule has 1 aromatic heterocycles. The van der Waals surface area contributed by atoms with Gasteiger partial charge in [0.15, 0.2) is 0 Å². The Morgan fingerprint density at radius 1 is 1.16 bits per heavy atom. The number of rotatable bonds is 5. The van der Waals surface area contributed by atoms with Crippen LogP contribution in [0.3, 0.4) is 0 Å². The van der Waals surface area contributed by atoms with Crippen LogP contribution in [0.4, 0.5) is 4.79 Å². The van der Waals surface area contributed by atoms with Gasteiger partial charge in [-0.2, -0.15) is 0 Å². The van der Waals surface area contributed by atoms with Crippen molar-refractivity contribution in [3.63, 3.8) is 0 Å². The van der Waals surface area contributed by atoms with Crippen LogP contribution in [0, 0.1) is 0 Å². The van der Waals surface area contributed by atoms with Crippen molar-refractivity contribution < 1.29 is 23.6 Å². The van der Waals surface area contributed by atoms with E-state index in [1.54, 1.807) is 39.1 Å². The number of amides is 1. The smallest absolute Gasteiger partial charge is 0.444 e. The minimum atomic E-state index is -2.07. The summed E-state index contributed by atoms with van der Waals surface area (Å²) in [7, 11) is -0.720. The van der Waals surface area contributed by atoms with Gasteiger partial charge in [-0.25, -0.2) is 4.79 Å². The van der Waals surface area contributed by atoms with Crippen LogP contribution in [0.15, 0.2) is 17.7 Å². The van der Waals surface area contributed by atoms with E-state index < -0.39 is 39.6 Å². The summed E-state index contributed by atoms with van der Waals surface area (Å²) in [6.45, 7) is 13.2. The van der Waals surface area contributed by atoms with Gasteiger partial charge in [-0.15, -0.1) is 0 Å². The highest BCUT2D eigenvalue weighted by Crippen LogP contribution is 2.39. The Hall–Kier alpha value is -1.19. The number of aromatic nitrogens is 1. The molecule has 0 aliphatic carbocycles. The Bertz CT molecular complexity index is 853. The van der Waals surface area contributed by atoms with Gasteiger partial charge in [-0.1, -0.05) is 40.9 Å². The molecule has 11 heteroatoms. The van der Waals surface area contributed by atoms with Crippen LogP contribution >= 0.6 is 34.8 Å². The lowest BCUT2D eigenvalue weighted by Crippen LogP contribution is -2.41. The molecule has 0 aromatic carbocycles. The first-order chi connectivity index (χ1) is 13.9. The predicted octanol–water partition coefficient (Wildman–Crippen LogP) is 5.11. The zero-order chi connectivity index (χ0) is 23.8. The van der Waals surface area contributed by atoms with Crippen molar-refractivity contribution in [1.29, 1.82) is 0 Å². The summed E-state index contributed by atoms with van der Waals surface area (Å²) in [5.41, 5.74) is -0.399. The van der Waals surface area contributed by atoms with Gasteiger partial charge in [-0.3, -0.25) is 4.79 Å². The Balaban J connectivity index is 2.29. The van der Waals surface area contributed by atoms with Gasteiger partial charge in [0.25, 0.3) is 3.79 Å². The minimum absolute atomic E-state index is 0.102. The van der Waals surface area contributed by atoms with Gasteiger partial charge in [0.2, 0.25) is 5.78 Å². The number of alkyl halides is 3. The summed E-state index contributed by atoms with van der Waals surface area (Å²) in [4.78, 5) is 27.1. The third-order valence-electron chi connectivity index (χ3n) is 4.95. The summed E-state index contributed by atoms with van der Waals surface area (Å²) in [5, 5.41) is 2.72. The lowest BCUT2D eigenvalue weighted by Gasteiger charge is -2.32. The molecule has 0 radical (unpaired) electrons. The molecule has 1 aliphatic rings. The molecular formula is C20H28BCl3N2O5. The summed E-state index contributed by atoms with van der Waals surface area (Å²) in [5.74, 6) is -0.679. The maximum atomic E-state index is 12.2. The van der Waals surface area contributed by atoms with E-state index in [1.807, 2.05) is 27.7 Å². The number of carbonyl (C=O) groups excluding carboxylic acids is 2. The molecule has 2 rings (SSSR count). The van der Waals surface area contributed by atoms with Gasteiger partial charge in [-0.05, 0) is 65.6 Å². The second kappa shape index (κ2) is 8.98. The van der Waals surface area contributed by atoms with Crippen LogP contribution in [-0.4, -0.2) is 51.1 Å². The lowest BCUT2D eigenvalue weighted by atomic mass is 9.77. The molecule has 1 saturated heterocycles. The Morgan fingerprint density at radius 2 is 1.71 bits per heavy atom. The quantitative estimate of drug-likeness (QED) is 0.338. The van der Waals surface area contributed by atoms with E-state index in [-0.39, 0.29) is 12.2 Å². The molecule has 1 amide bonds. The number of ketones is 1. The first-order valence-electron chi connectivity index (χ1n) is 9.74. The largest absolute Gasteiger partial charge is 0.492 e. The van der Waals surface area contributed by atoms with E-state index in [9.17, 15) is 9.59 Å². The molecule has 1 fully saturated rings. The van der Waals surface area contributed by atoms with Crippen LogP contribution < -0.4 is 5.32 Å². The molecule has 0 unspecified atom stereocenters. The third-order valence-corrected chi connectivity index (χ3v) is 5.47. The van der Waals surface area contributed by atoms with Gasteiger partial charge in [0.1, 0.15) is 5.60 Å². The van der Waals surface area contributed by atoms with Crippen LogP contribution in [-0.2, 0) is 14.0 Å². The number of Topliss-reactive ketones (excluding diaryl/α,β-unsaturated/α-hetero) is 1. The number of carbonyl (C=O) groups is 2. The van der Waals surface area contributed by atoms with E-state index in [0.717, 1.165) is 0 Å². The fourth-order valence-corrected chi connectivity index (χ4v) is 2.98. The average molecular weight is 494 g/mol. The molecule has 0 spiro atoms. The fraction of sp³-hybridized carbons (Fsp3) is 0.600. The van der Waals surface area contributed by atoms with Crippen molar-refractivity contribution in [3.8, 4) is 0 Å². The first kappa shape index (κ1) is 26.1. The number of aromatic amines is 1. The lowest BCUT2D eigenvalue weighted by molar-refractivity contribution is 0.00578. The van der Waals surface area contributed by atoms with E-state index in [0.29, 0.717) is 11.0 Å². The zero-order valence-electron chi connectivity index (χ0n) is 18.7. The number of nitrogens with one attached hydrogen (secondary N) is 2. The second-order valence-corrected chi connectivity index (χ2v) is 11.6. The van der Waals surface area contributed by atoms with Gasteiger partial charge in [0, 0.05) is 12.7 Å². The molecule has 0 atom stereocenters. The summed E-state index contributed by atoms with van der Waals surface area (Å²) < 4.78 is 15.5. The van der Waals surface area contributed by atoms with E-state index >= 15 is 0 Å². The maximum Gasteiger partial charge on any atom is 0.492 e. The number of ether oxygens (including phenoxy) is 1. The monoisotopic (exact) mass is 492 g/mol. The predicted molar refractivity (Wildman–Crippen MR) is 124 cm³/mol. The van der Waals surface area contributed by atoms with Crippen molar-refractivity contribution in [3.05, 3.63) is 29.0 Å². The average Bonchev–Trinajstić information content (AvgIpc) is 3.10. The Morgan fingerprint density at radius 3 is 2.19 bits per heavy atom. The van der Waals surface area contributed by atoms with Crippen molar-refractivity contribution in [1.82, 2.24) is 10.3 Å². The molecule has 0 bridgehead atoms. The van der Waals surface area contributed by atoms with Gasteiger partial charge < -0.3 is 24.3 Å². The van der Waals surface area contributed by atoms with Gasteiger partial charge >= 0.3 is 13.2 Å². The normalized spacial score (nSPS) is 18.8. The molecule has 7 nitrogen and oxygen atoms in total. The van der Waals surface area contributed by atoms with E-state index in [2.05, 4.69) is 10.3 Å². The van der Waals surface area contributed by atoms with Crippen molar-refractivity contribution in [2.24, 2.45) is 0 Å². The Kier molecular flexibility index (Phi) is 7.56. The van der Waals surface area contributed by atoms with Crippen LogP contribution in [0.5, 0.6) is 0 Å². The second-order valence-electron chi connectivity index (χ2n) is 9.34. The standard InChI is InChI=1S/C20H28BCl3N2O5/c1-17(2,3)29-16(28)26-11-13(21-30-18(4,5)19(6,7)31-21)8-12-9-14(25-10-12)15(27)20(22,23)24/h8-10,25H,11H2,1-7H3,(H,26,28). The molecule has 2 N–H and O–H groups in total. The first-order valence-corrected chi connectivity index (χ1v) is 10.9. The van der Waals surface area contributed by atoms with Crippen molar-refractivity contribution in [2.75, 3.05) is 6.54 Å². The molecular weight excluding hydrogens is 465 g/mol. The van der Waals surface area contributed by atoms with Crippen LogP contribution in [0.2, 0.25) is 0 Å². The number of H-pyrrole nitrogens is 1. The molecule has 1 aliphatic heterocycles. The number of halogens is 3. The number of alkyl carbamates (subject to hydrolysis) is 1. The van der Waals surface area contributed by atoms with E-state index in [1.165, 1.54) is 0 Å². The highest BCUT2D eigenvalue weighted by Gasteiger charge is 2.52. The number of hydrogen-bond donors (Lipinski definition) is 2. The minimum Gasteiger partial charge on any atom is -0.444 e. The molecule has 0 saturated carbocycles. The maximum absolute atomic E-state index is 12.2. The fourth-order valence-electron chi connectivity index (χ4n) is 2.68. The summed E-state index contributed by atoms with van der Waals surface area (Å²) in [6.07, 6.45) is 2.75. The summed E-state index contributed by atoms with van der Waals surface area (Å²) >= 11 is 17.0. The van der Waals surface area contributed by atoms with E-state index in [4.69, 9.17) is 48.8 Å². The number of hydrogen-bond acceptors (Lipinski definition) is 5. The molecule has 31 heavy (non-hydrogen) atoms. The molecule has 1 aromatic rings. The van der Waals surface area contributed by atoms with Crippen LogP contribution in [0.25, 0.3) is 6.08 Å². The van der Waals surface area contributed by atoms with Gasteiger partial charge in [0.05, 0.1) is 16.9 Å².